The standard InChI is InChI=1S/C20H25NO3/c1-15-5-4-6-16(2)20(15)24-10-9-21(3)14-17-7-8-18-19(13-17)23-12-11-22-18/h4-8,13H,9-12,14H2,1-3H3. The molecule has 4 heteroatoms. The van der Waals surface area contributed by atoms with Crippen LogP contribution in [0, 0.1) is 13.8 Å². The highest BCUT2D eigenvalue weighted by Crippen LogP contribution is 2.31. The van der Waals surface area contributed by atoms with E-state index in [9.17, 15) is 0 Å². The Morgan fingerprint density at radius 1 is 1.00 bits per heavy atom. The molecule has 2 aromatic rings. The van der Waals surface area contributed by atoms with E-state index in [2.05, 4.69) is 56.1 Å². The maximum Gasteiger partial charge on any atom is 0.161 e. The molecule has 0 radical (unpaired) electrons. The first-order chi connectivity index (χ1) is 11.6. The van der Waals surface area contributed by atoms with Crippen LogP contribution in [0.15, 0.2) is 36.4 Å². The fraction of sp³-hybridized carbons (Fsp3) is 0.400. The maximum absolute atomic E-state index is 5.98. The van der Waals surface area contributed by atoms with Gasteiger partial charge in [-0.05, 0) is 49.7 Å². The van der Waals surface area contributed by atoms with Crippen LogP contribution < -0.4 is 14.2 Å². The molecule has 0 aromatic heterocycles. The lowest BCUT2D eigenvalue weighted by Gasteiger charge is -2.21. The summed E-state index contributed by atoms with van der Waals surface area (Å²) in [5.74, 6) is 2.69. The molecule has 0 unspecified atom stereocenters. The maximum atomic E-state index is 5.98. The minimum atomic E-state index is 0.621. The van der Waals surface area contributed by atoms with E-state index in [1.165, 1.54) is 16.7 Å². The second-order valence-electron chi connectivity index (χ2n) is 6.29. The van der Waals surface area contributed by atoms with Crippen molar-refractivity contribution in [3.05, 3.63) is 53.1 Å². The van der Waals surface area contributed by atoms with Crippen LogP contribution in [0.25, 0.3) is 0 Å². The zero-order valence-electron chi connectivity index (χ0n) is 14.7. The third-order valence-electron chi connectivity index (χ3n) is 4.19. The minimum Gasteiger partial charge on any atom is -0.492 e. The van der Waals surface area contributed by atoms with E-state index in [-0.39, 0.29) is 0 Å². The Bertz CT molecular complexity index is 679. The fourth-order valence-corrected chi connectivity index (χ4v) is 2.91. The summed E-state index contributed by atoms with van der Waals surface area (Å²) in [7, 11) is 2.10. The zero-order chi connectivity index (χ0) is 16.9. The summed E-state index contributed by atoms with van der Waals surface area (Å²) in [5, 5.41) is 0. The van der Waals surface area contributed by atoms with Crippen LogP contribution in [0.5, 0.6) is 17.2 Å². The third kappa shape index (κ3) is 4.01. The highest BCUT2D eigenvalue weighted by molar-refractivity contribution is 5.43. The number of para-hydroxylation sites is 1. The molecule has 0 atom stereocenters. The highest BCUT2D eigenvalue weighted by Gasteiger charge is 2.12. The van der Waals surface area contributed by atoms with E-state index in [0.29, 0.717) is 19.8 Å². The van der Waals surface area contributed by atoms with Gasteiger partial charge in [0.15, 0.2) is 11.5 Å². The van der Waals surface area contributed by atoms with Gasteiger partial charge in [-0.3, -0.25) is 4.90 Å². The van der Waals surface area contributed by atoms with Crippen molar-refractivity contribution in [2.45, 2.75) is 20.4 Å². The molecule has 0 saturated carbocycles. The largest absolute Gasteiger partial charge is 0.492 e. The number of rotatable bonds is 6. The predicted molar refractivity (Wildman–Crippen MR) is 95.2 cm³/mol. The number of aryl methyl sites for hydroxylation is 2. The zero-order valence-corrected chi connectivity index (χ0v) is 14.7. The third-order valence-corrected chi connectivity index (χ3v) is 4.19. The van der Waals surface area contributed by atoms with Crippen molar-refractivity contribution < 1.29 is 14.2 Å². The number of hydrogen-bond acceptors (Lipinski definition) is 4. The molecule has 0 bridgehead atoms. The number of likely N-dealkylation sites (N-methyl/N-ethyl adjacent to an activating group) is 1. The van der Waals surface area contributed by atoms with E-state index in [1.807, 2.05) is 6.07 Å². The Kier molecular flexibility index (Phi) is 5.26. The van der Waals surface area contributed by atoms with Gasteiger partial charge in [-0.1, -0.05) is 24.3 Å². The van der Waals surface area contributed by atoms with Crippen LogP contribution in [0.3, 0.4) is 0 Å². The first kappa shape index (κ1) is 16.7. The molecule has 1 heterocycles. The molecule has 0 N–H and O–H groups in total. The van der Waals surface area contributed by atoms with E-state index >= 15 is 0 Å². The SMILES string of the molecule is Cc1cccc(C)c1OCCN(C)Cc1ccc2c(c1)OCCO2. The van der Waals surface area contributed by atoms with Crippen molar-refractivity contribution >= 4 is 0 Å². The van der Waals surface area contributed by atoms with E-state index in [1.54, 1.807) is 0 Å². The molecule has 0 saturated heterocycles. The Balaban J connectivity index is 1.52. The average molecular weight is 327 g/mol. The van der Waals surface area contributed by atoms with Gasteiger partial charge in [-0.2, -0.15) is 0 Å². The monoisotopic (exact) mass is 327 g/mol. The van der Waals surface area contributed by atoms with Crippen molar-refractivity contribution in [2.75, 3.05) is 33.4 Å². The Labute approximate surface area is 144 Å². The van der Waals surface area contributed by atoms with Crippen LogP contribution in [0.4, 0.5) is 0 Å². The van der Waals surface area contributed by atoms with Gasteiger partial charge >= 0.3 is 0 Å². The van der Waals surface area contributed by atoms with Gasteiger partial charge in [-0.15, -0.1) is 0 Å². The summed E-state index contributed by atoms with van der Waals surface area (Å²) in [6.07, 6.45) is 0. The number of fused-ring (bicyclic) bond motifs is 1. The van der Waals surface area contributed by atoms with Crippen molar-refractivity contribution in [1.29, 1.82) is 0 Å². The summed E-state index contributed by atoms with van der Waals surface area (Å²) in [6.45, 7) is 7.81. The van der Waals surface area contributed by atoms with Crippen LogP contribution >= 0.6 is 0 Å². The minimum absolute atomic E-state index is 0.621. The predicted octanol–water partition coefficient (Wildman–Crippen LogP) is 3.59. The van der Waals surface area contributed by atoms with E-state index in [4.69, 9.17) is 14.2 Å². The first-order valence-corrected chi connectivity index (χ1v) is 8.39. The molecule has 2 aromatic carbocycles. The Hall–Kier alpha value is -2.20. The number of benzene rings is 2. The lowest BCUT2D eigenvalue weighted by Crippen LogP contribution is -2.24. The Morgan fingerprint density at radius 2 is 1.71 bits per heavy atom. The topological polar surface area (TPSA) is 30.9 Å². The lowest BCUT2D eigenvalue weighted by molar-refractivity contribution is 0.171. The lowest BCUT2D eigenvalue weighted by atomic mass is 10.1. The van der Waals surface area contributed by atoms with Gasteiger partial charge in [0.2, 0.25) is 0 Å². The summed E-state index contributed by atoms with van der Waals surface area (Å²) in [4.78, 5) is 2.25. The van der Waals surface area contributed by atoms with Crippen LogP contribution in [0.2, 0.25) is 0 Å². The average Bonchev–Trinajstić information content (AvgIpc) is 2.57. The molecule has 0 spiro atoms. The van der Waals surface area contributed by atoms with Crippen molar-refractivity contribution in [2.24, 2.45) is 0 Å². The summed E-state index contributed by atoms with van der Waals surface area (Å²) in [5.41, 5.74) is 3.59. The van der Waals surface area contributed by atoms with E-state index in [0.717, 1.165) is 30.3 Å². The molecule has 3 rings (SSSR count). The number of hydrogen-bond donors (Lipinski definition) is 0. The molecule has 24 heavy (non-hydrogen) atoms. The highest BCUT2D eigenvalue weighted by atomic mass is 16.6. The quantitative estimate of drug-likeness (QED) is 0.811. The van der Waals surface area contributed by atoms with Crippen molar-refractivity contribution in [3.8, 4) is 17.2 Å². The fourth-order valence-electron chi connectivity index (χ4n) is 2.91. The first-order valence-electron chi connectivity index (χ1n) is 8.39. The van der Waals surface area contributed by atoms with Gasteiger partial charge in [0.25, 0.3) is 0 Å². The van der Waals surface area contributed by atoms with Gasteiger partial charge in [-0.25, -0.2) is 0 Å². The molecule has 1 aliphatic heterocycles. The number of ether oxygens (including phenoxy) is 3. The summed E-state index contributed by atoms with van der Waals surface area (Å²) in [6, 6.07) is 12.4. The second-order valence-corrected chi connectivity index (χ2v) is 6.29. The van der Waals surface area contributed by atoms with Gasteiger partial charge in [0, 0.05) is 13.1 Å². The molecule has 4 nitrogen and oxygen atoms in total. The summed E-state index contributed by atoms with van der Waals surface area (Å²) < 4.78 is 17.2. The second kappa shape index (κ2) is 7.58. The molecular formula is C20H25NO3. The number of nitrogens with zero attached hydrogens (tertiary/aromatic N) is 1. The normalized spacial score (nSPS) is 13.2. The van der Waals surface area contributed by atoms with Gasteiger partial charge < -0.3 is 14.2 Å². The molecule has 0 amide bonds. The Morgan fingerprint density at radius 3 is 2.46 bits per heavy atom. The molecule has 0 fully saturated rings. The van der Waals surface area contributed by atoms with Crippen molar-refractivity contribution in [1.82, 2.24) is 4.90 Å². The van der Waals surface area contributed by atoms with Crippen LogP contribution in [-0.4, -0.2) is 38.3 Å². The van der Waals surface area contributed by atoms with Gasteiger partial charge in [0.1, 0.15) is 25.6 Å². The molecule has 0 aliphatic carbocycles. The van der Waals surface area contributed by atoms with E-state index < -0.39 is 0 Å². The van der Waals surface area contributed by atoms with Crippen molar-refractivity contribution in [3.63, 3.8) is 0 Å². The summed E-state index contributed by atoms with van der Waals surface area (Å²) >= 11 is 0. The smallest absolute Gasteiger partial charge is 0.161 e. The van der Waals surface area contributed by atoms with Crippen LogP contribution in [0.1, 0.15) is 16.7 Å². The van der Waals surface area contributed by atoms with Crippen LogP contribution in [-0.2, 0) is 6.54 Å². The van der Waals surface area contributed by atoms with Gasteiger partial charge in [0.05, 0.1) is 0 Å². The molecule has 1 aliphatic rings. The molecular weight excluding hydrogens is 302 g/mol. The molecule has 128 valence electrons.